The van der Waals surface area contributed by atoms with Gasteiger partial charge in [0.2, 0.25) is 0 Å². The molecule has 2 aromatic carbocycles. The van der Waals surface area contributed by atoms with E-state index in [0.29, 0.717) is 12.2 Å². The van der Waals surface area contributed by atoms with Crippen molar-refractivity contribution < 1.29 is 14.3 Å². The first kappa shape index (κ1) is 14.4. The SMILES string of the molecule is COC(=O)[C@@H](Cl)c1ccc(OCc2ccccc2)cc1. The Morgan fingerprint density at radius 2 is 1.75 bits per heavy atom. The van der Waals surface area contributed by atoms with Crippen LogP contribution in [0.2, 0.25) is 0 Å². The molecule has 1 atom stereocenters. The number of carbonyl (C=O) groups is 1. The Kier molecular flexibility index (Phi) is 5.02. The number of esters is 1. The molecule has 0 spiro atoms. The van der Waals surface area contributed by atoms with Gasteiger partial charge in [0.05, 0.1) is 7.11 Å². The summed E-state index contributed by atoms with van der Waals surface area (Å²) in [6, 6.07) is 17.0. The Bertz CT molecular complexity index is 552. The number of hydrogen-bond acceptors (Lipinski definition) is 3. The molecule has 2 aromatic rings. The lowest BCUT2D eigenvalue weighted by Gasteiger charge is -2.09. The fourth-order valence-electron chi connectivity index (χ4n) is 1.71. The summed E-state index contributed by atoms with van der Waals surface area (Å²) in [5.41, 5.74) is 1.78. The largest absolute Gasteiger partial charge is 0.489 e. The molecule has 0 aliphatic rings. The highest BCUT2D eigenvalue weighted by molar-refractivity contribution is 6.29. The molecule has 0 amide bonds. The third kappa shape index (κ3) is 3.75. The van der Waals surface area contributed by atoms with E-state index in [1.165, 1.54) is 7.11 Å². The van der Waals surface area contributed by atoms with E-state index in [9.17, 15) is 4.79 Å². The smallest absolute Gasteiger partial charge is 0.328 e. The second-order valence-corrected chi connectivity index (χ2v) is 4.67. The molecule has 104 valence electrons. The average Bonchev–Trinajstić information content (AvgIpc) is 2.53. The van der Waals surface area contributed by atoms with Crippen molar-refractivity contribution in [3.63, 3.8) is 0 Å². The van der Waals surface area contributed by atoms with E-state index in [2.05, 4.69) is 4.74 Å². The third-order valence-corrected chi connectivity index (χ3v) is 3.26. The van der Waals surface area contributed by atoms with Gasteiger partial charge in [-0.25, -0.2) is 0 Å². The molecule has 2 rings (SSSR count). The van der Waals surface area contributed by atoms with Crippen molar-refractivity contribution in [3.05, 3.63) is 65.7 Å². The maximum absolute atomic E-state index is 11.3. The fraction of sp³-hybridized carbons (Fsp3) is 0.188. The van der Waals surface area contributed by atoms with Gasteiger partial charge in [0.1, 0.15) is 12.4 Å². The van der Waals surface area contributed by atoms with Crippen LogP contribution in [0.5, 0.6) is 5.75 Å². The Labute approximate surface area is 123 Å². The number of hydrogen-bond donors (Lipinski definition) is 0. The summed E-state index contributed by atoms with van der Waals surface area (Å²) in [5, 5.41) is -0.789. The summed E-state index contributed by atoms with van der Waals surface area (Å²) >= 11 is 5.97. The molecule has 0 heterocycles. The molecule has 4 heteroatoms. The first-order valence-electron chi connectivity index (χ1n) is 6.19. The van der Waals surface area contributed by atoms with Crippen LogP contribution in [0.15, 0.2) is 54.6 Å². The Morgan fingerprint density at radius 3 is 2.35 bits per heavy atom. The summed E-state index contributed by atoms with van der Waals surface area (Å²) in [7, 11) is 1.31. The number of benzene rings is 2. The molecule has 3 nitrogen and oxygen atoms in total. The summed E-state index contributed by atoms with van der Waals surface area (Å²) in [5.74, 6) is 0.260. The van der Waals surface area contributed by atoms with Crippen LogP contribution in [0.25, 0.3) is 0 Å². The van der Waals surface area contributed by atoms with Crippen LogP contribution >= 0.6 is 11.6 Å². The van der Waals surface area contributed by atoms with Gasteiger partial charge in [-0.15, -0.1) is 11.6 Å². The molecule has 0 saturated heterocycles. The van der Waals surface area contributed by atoms with Gasteiger partial charge in [0.25, 0.3) is 0 Å². The molecule has 0 aliphatic heterocycles. The zero-order valence-corrected chi connectivity index (χ0v) is 11.8. The van der Waals surface area contributed by atoms with E-state index in [1.807, 2.05) is 30.3 Å². The zero-order valence-electron chi connectivity index (χ0n) is 11.1. The van der Waals surface area contributed by atoms with Crippen molar-refractivity contribution in [2.45, 2.75) is 12.0 Å². The van der Waals surface area contributed by atoms with Gasteiger partial charge in [-0.1, -0.05) is 42.5 Å². The normalized spacial score (nSPS) is 11.7. The van der Waals surface area contributed by atoms with Crippen LogP contribution in [0.3, 0.4) is 0 Å². The minimum atomic E-state index is -0.789. The molecule has 20 heavy (non-hydrogen) atoms. The summed E-state index contributed by atoms with van der Waals surface area (Å²) in [4.78, 5) is 11.3. The Hall–Kier alpha value is -2.00. The predicted molar refractivity (Wildman–Crippen MR) is 77.8 cm³/mol. The van der Waals surface area contributed by atoms with E-state index in [0.717, 1.165) is 11.3 Å². The number of methoxy groups -OCH3 is 1. The van der Waals surface area contributed by atoms with Crippen LogP contribution < -0.4 is 4.74 Å². The van der Waals surface area contributed by atoms with Gasteiger partial charge in [-0.3, -0.25) is 4.79 Å². The molecular weight excluding hydrogens is 276 g/mol. The number of ether oxygens (including phenoxy) is 2. The van der Waals surface area contributed by atoms with Gasteiger partial charge < -0.3 is 9.47 Å². The maximum Gasteiger partial charge on any atom is 0.328 e. The molecule has 0 aromatic heterocycles. The van der Waals surface area contributed by atoms with Crippen LogP contribution in [0.4, 0.5) is 0 Å². The highest BCUT2D eigenvalue weighted by Gasteiger charge is 2.17. The van der Waals surface area contributed by atoms with Gasteiger partial charge >= 0.3 is 5.97 Å². The van der Waals surface area contributed by atoms with Gasteiger partial charge in [0, 0.05) is 0 Å². The number of alkyl halides is 1. The Morgan fingerprint density at radius 1 is 1.10 bits per heavy atom. The van der Waals surface area contributed by atoms with E-state index in [1.54, 1.807) is 24.3 Å². The lowest BCUT2D eigenvalue weighted by Crippen LogP contribution is -2.08. The molecule has 0 N–H and O–H groups in total. The number of rotatable bonds is 5. The predicted octanol–water partition coefficient (Wildman–Crippen LogP) is 3.72. The number of carbonyl (C=O) groups excluding carboxylic acids is 1. The second kappa shape index (κ2) is 6.96. The minimum absolute atomic E-state index is 0.468. The monoisotopic (exact) mass is 290 g/mol. The molecule has 0 unspecified atom stereocenters. The van der Waals surface area contributed by atoms with Gasteiger partial charge in [-0.2, -0.15) is 0 Å². The standard InChI is InChI=1S/C16H15ClO3/c1-19-16(18)15(17)13-7-9-14(10-8-13)20-11-12-5-3-2-4-6-12/h2-10,15H,11H2,1H3/t15-/m0/s1. The fourth-order valence-corrected chi connectivity index (χ4v) is 1.95. The van der Waals surface area contributed by atoms with Crippen molar-refractivity contribution in [2.24, 2.45) is 0 Å². The summed E-state index contributed by atoms with van der Waals surface area (Å²) in [6.07, 6.45) is 0. The summed E-state index contributed by atoms with van der Waals surface area (Å²) < 4.78 is 10.3. The lowest BCUT2D eigenvalue weighted by atomic mass is 10.1. The second-order valence-electron chi connectivity index (χ2n) is 4.23. The maximum atomic E-state index is 11.3. The molecule has 0 aliphatic carbocycles. The quantitative estimate of drug-likeness (QED) is 0.622. The molecule has 0 bridgehead atoms. The topological polar surface area (TPSA) is 35.5 Å². The highest BCUT2D eigenvalue weighted by atomic mass is 35.5. The van der Waals surface area contributed by atoms with E-state index >= 15 is 0 Å². The number of halogens is 1. The van der Waals surface area contributed by atoms with E-state index < -0.39 is 11.3 Å². The molecule has 0 saturated carbocycles. The van der Waals surface area contributed by atoms with Crippen molar-refractivity contribution in [3.8, 4) is 5.75 Å². The van der Waals surface area contributed by atoms with Crippen LogP contribution in [-0.4, -0.2) is 13.1 Å². The van der Waals surface area contributed by atoms with E-state index in [-0.39, 0.29) is 0 Å². The average molecular weight is 291 g/mol. The first-order chi connectivity index (χ1) is 9.70. The van der Waals surface area contributed by atoms with Crippen LogP contribution in [0, 0.1) is 0 Å². The van der Waals surface area contributed by atoms with Crippen molar-refractivity contribution in [2.75, 3.05) is 7.11 Å². The van der Waals surface area contributed by atoms with Gasteiger partial charge in [0.15, 0.2) is 5.38 Å². The zero-order chi connectivity index (χ0) is 14.4. The first-order valence-corrected chi connectivity index (χ1v) is 6.63. The van der Waals surface area contributed by atoms with Crippen LogP contribution in [0.1, 0.15) is 16.5 Å². The van der Waals surface area contributed by atoms with Crippen LogP contribution in [-0.2, 0) is 16.1 Å². The molecule has 0 fully saturated rings. The lowest BCUT2D eigenvalue weighted by molar-refractivity contribution is -0.140. The van der Waals surface area contributed by atoms with Crippen molar-refractivity contribution in [1.29, 1.82) is 0 Å². The third-order valence-electron chi connectivity index (χ3n) is 2.83. The minimum Gasteiger partial charge on any atom is -0.489 e. The van der Waals surface area contributed by atoms with Crippen molar-refractivity contribution >= 4 is 17.6 Å². The summed E-state index contributed by atoms with van der Waals surface area (Å²) in [6.45, 7) is 0.501. The highest BCUT2D eigenvalue weighted by Crippen LogP contribution is 2.24. The van der Waals surface area contributed by atoms with Gasteiger partial charge in [-0.05, 0) is 23.3 Å². The van der Waals surface area contributed by atoms with Crippen molar-refractivity contribution in [1.82, 2.24) is 0 Å². The van der Waals surface area contributed by atoms with E-state index in [4.69, 9.17) is 16.3 Å². The Balaban J connectivity index is 1.96. The molecular formula is C16H15ClO3. The molecule has 0 radical (unpaired) electrons.